The largest absolute Gasteiger partial charge is 0.673 e. The molecule has 4 nitrogen and oxygen atoms in total. The molecule has 1 N–H and O–H groups in total. The van der Waals surface area contributed by atoms with Gasteiger partial charge in [0.05, 0.1) is 17.5 Å². The Morgan fingerprint density at radius 2 is 1.53 bits per heavy atom. The van der Waals surface area contributed by atoms with Gasteiger partial charge in [0.15, 0.2) is 11.5 Å². The number of hydrogen-bond donors (Lipinski definition) is 1. The van der Waals surface area contributed by atoms with Gasteiger partial charge in [-0.05, 0) is 30.2 Å². The first kappa shape index (κ1) is 23.4. The van der Waals surface area contributed by atoms with Crippen LogP contribution >= 0.6 is 0 Å². The second-order valence-corrected chi connectivity index (χ2v) is 7.55. The molecule has 0 atom stereocenters. The van der Waals surface area contributed by atoms with E-state index in [0.29, 0.717) is 13.2 Å². The molecule has 1 aromatic heterocycles. The zero-order valence-corrected chi connectivity index (χ0v) is 18.4. The summed E-state index contributed by atoms with van der Waals surface area (Å²) >= 11 is 0. The van der Waals surface area contributed by atoms with Crippen LogP contribution in [-0.2, 0) is 6.42 Å². The summed E-state index contributed by atoms with van der Waals surface area (Å²) in [6.45, 7) is 3.32. The first-order chi connectivity index (χ1) is 16.3. The number of hydrogen-bond acceptors (Lipinski definition) is 3. The van der Waals surface area contributed by atoms with Crippen molar-refractivity contribution in [3.8, 4) is 22.8 Å². The molecule has 9 heteroatoms. The van der Waals surface area contributed by atoms with E-state index in [0.717, 1.165) is 51.3 Å². The minimum Gasteiger partial charge on any atom is -0.486 e. The van der Waals surface area contributed by atoms with Crippen LogP contribution in [-0.4, -0.2) is 20.5 Å². The fourth-order valence-electron chi connectivity index (χ4n) is 3.58. The Balaban J connectivity index is 0.000000499. The molecule has 2 heterocycles. The fraction of sp³-hybridized carbons (Fsp3) is 0.160. The van der Waals surface area contributed by atoms with Crippen molar-refractivity contribution < 1.29 is 36.1 Å². The molecule has 34 heavy (non-hydrogen) atoms. The van der Waals surface area contributed by atoms with Crippen LogP contribution in [0.5, 0.6) is 11.5 Å². The maximum atomic E-state index is 9.75. The second-order valence-electron chi connectivity index (χ2n) is 7.55. The third-order valence-electron chi connectivity index (χ3n) is 5.12. The van der Waals surface area contributed by atoms with Gasteiger partial charge in [0.1, 0.15) is 24.6 Å². The maximum absolute atomic E-state index is 9.75. The first-order valence-electron chi connectivity index (χ1n) is 10.8. The minimum absolute atomic E-state index is 0.571. The lowest BCUT2D eigenvalue weighted by atomic mass is 10.1. The minimum atomic E-state index is -6.00. The standard InChI is InChI=1S/C25H21NO3.BF4/c1-2-17-8-10-22-20(14-17)21(16-24(29-22)18-6-4-3-5-7-18)26-19-9-11-23-25(15-19)28-13-12-27-23;2-1(3,4)5/h3-11,14-16H,2,12-13H2,1H3;/q;-1/p+1. The van der Waals surface area contributed by atoms with E-state index in [4.69, 9.17) is 13.9 Å². The predicted octanol–water partition coefficient (Wildman–Crippen LogP) is 5.05. The van der Waals surface area contributed by atoms with Crippen molar-refractivity contribution in [1.82, 2.24) is 0 Å². The first-order valence-corrected chi connectivity index (χ1v) is 10.8. The smallest absolute Gasteiger partial charge is 0.486 e. The number of fused-ring (bicyclic) bond motifs is 2. The molecule has 0 amide bonds. The predicted molar refractivity (Wildman–Crippen MR) is 122 cm³/mol. The molecule has 0 spiro atoms. The van der Waals surface area contributed by atoms with Gasteiger partial charge in [-0.2, -0.15) is 0 Å². The van der Waals surface area contributed by atoms with Gasteiger partial charge in [-0.25, -0.2) is 4.99 Å². The number of halogens is 4. The summed E-state index contributed by atoms with van der Waals surface area (Å²) < 4.78 is 56.6. The molecule has 4 aromatic rings. The molecule has 176 valence electrons. The van der Waals surface area contributed by atoms with Crippen LogP contribution < -0.4 is 19.8 Å². The van der Waals surface area contributed by atoms with Crippen LogP contribution in [0.15, 0.2) is 77.2 Å². The van der Waals surface area contributed by atoms with Crippen LogP contribution in [0.3, 0.4) is 0 Å². The lowest BCUT2D eigenvalue weighted by Gasteiger charge is -2.17. The lowest BCUT2D eigenvalue weighted by Crippen LogP contribution is -2.70. The average Bonchev–Trinajstić information content (AvgIpc) is 2.83. The van der Waals surface area contributed by atoms with Gasteiger partial charge in [-0.15, -0.1) is 0 Å². The van der Waals surface area contributed by atoms with E-state index in [1.165, 1.54) is 5.56 Å². The molecule has 0 saturated carbocycles. The van der Waals surface area contributed by atoms with E-state index >= 15 is 0 Å². The highest BCUT2D eigenvalue weighted by Crippen LogP contribution is 2.31. The van der Waals surface area contributed by atoms with E-state index in [-0.39, 0.29) is 0 Å². The SMILES string of the molecule is CCc1ccc2oc(-c3ccccc3)cc(=[NH+]c3ccc4c(c3)OCCO4)c2c1.F[B-](F)(F)F. The van der Waals surface area contributed by atoms with Crippen molar-refractivity contribution in [3.63, 3.8) is 0 Å². The zero-order valence-electron chi connectivity index (χ0n) is 18.4. The quantitative estimate of drug-likeness (QED) is 0.336. The van der Waals surface area contributed by atoms with Crippen LogP contribution in [0.4, 0.5) is 23.0 Å². The molecule has 3 aromatic carbocycles. The molecule has 0 aliphatic carbocycles. The zero-order chi connectivity index (χ0) is 24.1. The fourth-order valence-corrected chi connectivity index (χ4v) is 3.58. The topological polar surface area (TPSA) is 45.6 Å². The molecule has 0 saturated heterocycles. The second kappa shape index (κ2) is 10.0. The van der Waals surface area contributed by atoms with Crippen molar-refractivity contribution >= 4 is 23.9 Å². The molecule has 1 aliphatic heterocycles. The molecule has 1 aliphatic rings. The van der Waals surface area contributed by atoms with Crippen LogP contribution in [0.1, 0.15) is 12.5 Å². The molecule has 0 fully saturated rings. The summed E-state index contributed by atoms with van der Waals surface area (Å²) in [5.74, 6) is 2.37. The normalized spacial score (nSPS) is 13.4. The summed E-state index contributed by atoms with van der Waals surface area (Å²) in [6, 6.07) is 24.5. The van der Waals surface area contributed by atoms with Crippen LogP contribution in [0, 0.1) is 0 Å². The monoisotopic (exact) mass is 471 g/mol. The summed E-state index contributed by atoms with van der Waals surface area (Å²) in [7, 11) is -6.00. The molecule has 5 rings (SSSR count). The van der Waals surface area contributed by atoms with Gasteiger partial charge in [0.25, 0.3) is 0 Å². The molecular weight excluding hydrogens is 449 g/mol. The van der Waals surface area contributed by atoms with Crippen molar-refractivity contribution in [1.29, 1.82) is 0 Å². The number of ether oxygens (including phenoxy) is 2. The summed E-state index contributed by atoms with van der Waals surface area (Å²) in [5.41, 5.74) is 4.11. The van der Waals surface area contributed by atoms with Gasteiger partial charge in [-0.3, -0.25) is 0 Å². The third kappa shape index (κ3) is 5.98. The summed E-state index contributed by atoms with van der Waals surface area (Å²) in [6.07, 6.45) is 0.972. The lowest BCUT2D eigenvalue weighted by molar-refractivity contribution is -0.401. The Morgan fingerprint density at radius 3 is 2.24 bits per heavy atom. The van der Waals surface area contributed by atoms with Crippen molar-refractivity contribution in [3.05, 3.63) is 83.7 Å². The summed E-state index contributed by atoms with van der Waals surface area (Å²) in [4.78, 5) is 3.56. The number of rotatable bonds is 3. The Hall–Kier alpha value is -3.75. The summed E-state index contributed by atoms with van der Waals surface area (Å²) in [5, 5.41) is 2.05. The van der Waals surface area contributed by atoms with Crippen molar-refractivity contribution in [2.75, 3.05) is 13.2 Å². The number of benzene rings is 3. The Bertz CT molecular complexity index is 1350. The van der Waals surface area contributed by atoms with E-state index in [1.54, 1.807) is 0 Å². The molecule has 0 unspecified atom stereocenters. The highest BCUT2D eigenvalue weighted by atomic mass is 19.5. The van der Waals surface area contributed by atoms with Gasteiger partial charge < -0.3 is 31.2 Å². The maximum Gasteiger partial charge on any atom is 0.673 e. The van der Waals surface area contributed by atoms with Crippen molar-refractivity contribution in [2.45, 2.75) is 13.3 Å². The van der Waals surface area contributed by atoms with Gasteiger partial charge in [0, 0.05) is 11.6 Å². The Kier molecular flexibility index (Phi) is 6.91. The molecule has 0 radical (unpaired) electrons. The van der Waals surface area contributed by atoms with E-state index in [1.807, 2.05) is 36.4 Å². The van der Waals surface area contributed by atoms with E-state index in [2.05, 4.69) is 48.3 Å². The van der Waals surface area contributed by atoms with Crippen LogP contribution in [0.25, 0.3) is 22.3 Å². The van der Waals surface area contributed by atoms with Gasteiger partial charge in [0.2, 0.25) is 11.0 Å². The highest BCUT2D eigenvalue weighted by Gasteiger charge is 2.20. The van der Waals surface area contributed by atoms with E-state index < -0.39 is 7.25 Å². The Morgan fingerprint density at radius 1 is 0.824 bits per heavy atom. The van der Waals surface area contributed by atoms with Crippen LogP contribution in [0.2, 0.25) is 0 Å². The van der Waals surface area contributed by atoms with E-state index in [9.17, 15) is 17.3 Å². The third-order valence-corrected chi connectivity index (χ3v) is 5.12. The molecule has 0 bridgehead atoms. The van der Waals surface area contributed by atoms with Crippen molar-refractivity contribution in [2.24, 2.45) is 0 Å². The molecular formula is C25H22BF4NO3. The Labute approximate surface area is 193 Å². The number of aryl methyl sites for hydroxylation is 1. The van der Waals surface area contributed by atoms with Gasteiger partial charge in [-0.1, -0.05) is 43.3 Å². The highest BCUT2D eigenvalue weighted by molar-refractivity contribution is 6.50. The number of nitrogens with one attached hydrogen (secondary N) is 1. The van der Waals surface area contributed by atoms with Gasteiger partial charge >= 0.3 is 7.25 Å². The average molecular weight is 471 g/mol.